The molecule has 1 heterocycles. The quantitative estimate of drug-likeness (QED) is 0.885. The highest BCUT2D eigenvalue weighted by atomic mass is 79.9. The van der Waals surface area contributed by atoms with Gasteiger partial charge in [0.25, 0.3) is 0 Å². The molecule has 1 saturated heterocycles. The molecule has 114 valence electrons. The smallest absolute Gasteiger partial charge is 0.225 e. The molecule has 0 saturated carbocycles. The predicted molar refractivity (Wildman–Crippen MR) is 86.0 cm³/mol. The number of carbonyl (C=O) groups is 2. The van der Waals surface area contributed by atoms with Crippen molar-refractivity contribution in [3.8, 4) is 0 Å². The molecule has 0 spiro atoms. The lowest BCUT2D eigenvalue weighted by Gasteiger charge is -2.31. The average molecular weight is 374 g/mol. The van der Waals surface area contributed by atoms with E-state index in [0.717, 1.165) is 29.4 Å². The highest BCUT2D eigenvalue weighted by Gasteiger charge is 2.26. The lowest BCUT2D eigenvalue weighted by Crippen LogP contribution is -2.44. The first kappa shape index (κ1) is 16.3. The summed E-state index contributed by atoms with van der Waals surface area (Å²) in [6.07, 6.45) is 1.69. The van der Waals surface area contributed by atoms with Gasteiger partial charge in [-0.05, 0) is 30.5 Å². The zero-order chi connectivity index (χ0) is 15.4. The Morgan fingerprint density at radius 1 is 1.48 bits per heavy atom. The molecule has 0 radical (unpaired) electrons. The lowest BCUT2D eigenvalue weighted by atomic mass is 9.97. The fraction of sp³-hybridized carbons (Fsp3) is 0.467. The number of rotatable bonds is 3. The number of nitrogens with one attached hydrogen (secondary N) is 1. The molecule has 4 nitrogen and oxygen atoms in total. The summed E-state index contributed by atoms with van der Waals surface area (Å²) < 4.78 is 0.909. The third-order valence-corrected chi connectivity index (χ3v) is 4.55. The Morgan fingerprint density at radius 2 is 2.24 bits per heavy atom. The van der Waals surface area contributed by atoms with Gasteiger partial charge in [-0.2, -0.15) is 0 Å². The molecule has 2 amide bonds. The molecule has 1 aliphatic heterocycles. The molecule has 1 N–H and O–H groups in total. The Morgan fingerprint density at radius 3 is 2.90 bits per heavy atom. The van der Waals surface area contributed by atoms with Crippen molar-refractivity contribution in [2.24, 2.45) is 5.92 Å². The summed E-state index contributed by atoms with van der Waals surface area (Å²) in [7, 11) is 0. The Bertz CT molecular complexity index is 550. The van der Waals surface area contributed by atoms with E-state index in [1.54, 1.807) is 17.9 Å². The van der Waals surface area contributed by atoms with Crippen molar-refractivity contribution < 1.29 is 9.59 Å². The van der Waals surface area contributed by atoms with Crippen molar-refractivity contribution in [3.05, 3.63) is 33.3 Å². The molecular weight excluding hydrogens is 356 g/mol. The van der Waals surface area contributed by atoms with E-state index in [9.17, 15) is 9.59 Å². The van der Waals surface area contributed by atoms with Crippen molar-refractivity contribution >= 4 is 39.3 Å². The molecule has 2 rings (SSSR count). The molecule has 0 aromatic heterocycles. The number of halogens is 2. The van der Waals surface area contributed by atoms with E-state index >= 15 is 0 Å². The first-order valence-electron chi connectivity index (χ1n) is 6.94. The lowest BCUT2D eigenvalue weighted by molar-refractivity contribution is -0.134. The summed E-state index contributed by atoms with van der Waals surface area (Å²) in [5.41, 5.74) is 0.882. The van der Waals surface area contributed by atoms with E-state index in [-0.39, 0.29) is 17.7 Å². The van der Waals surface area contributed by atoms with Gasteiger partial charge < -0.3 is 10.2 Å². The number of hydrogen-bond donors (Lipinski definition) is 1. The summed E-state index contributed by atoms with van der Waals surface area (Å²) in [6, 6.07) is 5.59. The van der Waals surface area contributed by atoms with Crippen LogP contribution in [0.2, 0.25) is 5.02 Å². The van der Waals surface area contributed by atoms with Crippen LogP contribution in [-0.2, 0) is 16.1 Å². The van der Waals surface area contributed by atoms with Crippen LogP contribution in [0.4, 0.5) is 0 Å². The maximum Gasteiger partial charge on any atom is 0.225 e. The molecule has 1 atom stereocenters. The summed E-state index contributed by atoms with van der Waals surface area (Å²) >= 11 is 9.48. The monoisotopic (exact) mass is 372 g/mol. The van der Waals surface area contributed by atoms with Gasteiger partial charge in [-0.1, -0.05) is 33.6 Å². The first-order valence-corrected chi connectivity index (χ1v) is 8.11. The van der Waals surface area contributed by atoms with Crippen LogP contribution in [0.25, 0.3) is 0 Å². The topological polar surface area (TPSA) is 49.4 Å². The van der Waals surface area contributed by atoms with E-state index in [0.29, 0.717) is 18.1 Å². The Hall–Kier alpha value is -1.07. The van der Waals surface area contributed by atoms with Crippen LogP contribution < -0.4 is 5.32 Å². The van der Waals surface area contributed by atoms with Crippen LogP contribution in [0.3, 0.4) is 0 Å². The second-order valence-corrected chi connectivity index (χ2v) is 6.58. The van der Waals surface area contributed by atoms with Gasteiger partial charge in [0, 0.05) is 36.1 Å². The highest BCUT2D eigenvalue weighted by Crippen LogP contribution is 2.22. The van der Waals surface area contributed by atoms with E-state index in [4.69, 9.17) is 11.6 Å². The van der Waals surface area contributed by atoms with Crippen molar-refractivity contribution in [1.82, 2.24) is 10.2 Å². The number of amides is 2. The standard InChI is InChI=1S/C15H18BrClN2O2/c1-10(20)19-6-2-3-12(9-19)15(21)18-8-11-4-5-13(16)7-14(11)17/h4-5,7,12H,2-3,6,8-9H2,1H3,(H,18,21)/t12-/m0/s1. The van der Waals surface area contributed by atoms with Gasteiger partial charge in [-0.3, -0.25) is 9.59 Å². The van der Waals surface area contributed by atoms with Crippen molar-refractivity contribution in [2.75, 3.05) is 13.1 Å². The van der Waals surface area contributed by atoms with E-state index < -0.39 is 0 Å². The van der Waals surface area contributed by atoms with E-state index in [2.05, 4.69) is 21.2 Å². The number of piperidine rings is 1. The summed E-state index contributed by atoms with van der Waals surface area (Å²) in [4.78, 5) is 25.3. The third-order valence-electron chi connectivity index (χ3n) is 3.71. The van der Waals surface area contributed by atoms with E-state index in [1.165, 1.54) is 0 Å². The Balaban J connectivity index is 1.90. The number of benzene rings is 1. The summed E-state index contributed by atoms with van der Waals surface area (Å²) in [5.74, 6) is -0.111. The van der Waals surface area contributed by atoms with Gasteiger partial charge >= 0.3 is 0 Å². The molecule has 0 aliphatic carbocycles. The van der Waals surface area contributed by atoms with Crippen LogP contribution in [0.5, 0.6) is 0 Å². The molecule has 1 aromatic rings. The zero-order valence-electron chi connectivity index (χ0n) is 11.9. The maximum atomic E-state index is 12.2. The van der Waals surface area contributed by atoms with Gasteiger partial charge in [0.2, 0.25) is 11.8 Å². The molecule has 6 heteroatoms. The molecule has 21 heavy (non-hydrogen) atoms. The Labute approximate surface area is 138 Å². The first-order chi connectivity index (χ1) is 9.97. The number of nitrogens with zero attached hydrogens (tertiary/aromatic N) is 1. The number of carbonyl (C=O) groups excluding carboxylic acids is 2. The Kier molecular flexibility index (Phi) is 5.65. The minimum atomic E-state index is -0.128. The van der Waals surface area contributed by atoms with Crippen LogP contribution in [0, 0.1) is 5.92 Å². The summed E-state index contributed by atoms with van der Waals surface area (Å²) in [6.45, 7) is 3.20. The van der Waals surface area contributed by atoms with Gasteiger partial charge in [-0.15, -0.1) is 0 Å². The SMILES string of the molecule is CC(=O)N1CCC[C@H](C(=O)NCc2ccc(Br)cc2Cl)C1. The summed E-state index contributed by atoms with van der Waals surface area (Å²) in [5, 5.41) is 3.54. The van der Waals surface area contributed by atoms with Crippen LogP contribution >= 0.6 is 27.5 Å². The number of likely N-dealkylation sites (tertiary alicyclic amines) is 1. The normalized spacial score (nSPS) is 18.4. The van der Waals surface area contributed by atoms with Crippen molar-refractivity contribution in [1.29, 1.82) is 0 Å². The minimum absolute atomic E-state index is 0.0139. The minimum Gasteiger partial charge on any atom is -0.352 e. The molecule has 0 unspecified atom stereocenters. The van der Waals surface area contributed by atoms with Gasteiger partial charge in [0.1, 0.15) is 0 Å². The maximum absolute atomic E-state index is 12.2. The largest absolute Gasteiger partial charge is 0.352 e. The molecule has 1 aromatic carbocycles. The zero-order valence-corrected chi connectivity index (χ0v) is 14.2. The fourth-order valence-corrected chi connectivity index (χ4v) is 3.21. The van der Waals surface area contributed by atoms with Crippen molar-refractivity contribution in [2.45, 2.75) is 26.3 Å². The highest BCUT2D eigenvalue weighted by molar-refractivity contribution is 9.10. The molecule has 1 fully saturated rings. The molecule has 1 aliphatic rings. The van der Waals surface area contributed by atoms with Crippen LogP contribution in [0.1, 0.15) is 25.3 Å². The van der Waals surface area contributed by atoms with Gasteiger partial charge in [-0.25, -0.2) is 0 Å². The van der Waals surface area contributed by atoms with Gasteiger partial charge in [0.05, 0.1) is 5.92 Å². The fourth-order valence-electron chi connectivity index (χ4n) is 2.47. The second kappa shape index (κ2) is 7.27. The van der Waals surface area contributed by atoms with Crippen LogP contribution in [-0.4, -0.2) is 29.8 Å². The average Bonchev–Trinajstić information content (AvgIpc) is 2.46. The molecule has 0 bridgehead atoms. The van der Waals surface area contributed by atoms with Gasteiger partial charge in [0.15, 0.2) is 0 Å². The molecular formula is C15H18BrClN2O2. The van der Waals surface area contributed by atoms with E-state index in [1.807, 2.05) is 12.1 Å². The van der Waals surface area contributed by atoms with Crippen LogP contribution in [0.15, 0.2) is 22.7 Å². The third kappa shape index (κ3) is 4.45. The second-order valence-electron chi connectivity index (χ2n) is 5.26. The van der Waals surface area contributed by atoms with Crippen molar-refractivity contribution in [3.63, 3.8) is 0 Å². The predicted octanol–water partition coefficient (Wildman–Crippen LogP) is 2.98. The number of hydrogen-bond acceptors (Lipinski definition) is 2.